The lowest BCUT2D eigenvalue weighted by Crippen LogP contribution is -2.43. The number of hydrogen-bond acceptors (Lipinski definition) is 6. The second-order valence-corrected chi connectivity index (χ2v) is 10.9. The highest BCUT2D eigenvalue weighted by Crippen LogP contribution is 2.48. The van der Waals surface area contributed by atoms with Crippen LogP contribution in [0, 0.1) is 5.92 Å². The molecule has 0 aromatic carbocycles. The smallest absolute Gasteiger partial charge is 0.407 e. The first kappa shape index (κ1) is 20.6. The molecule has 0 radical (unpaired) electrons. The van der Waals surface area contributed by atoms with Crippen molar-refractivity contribution in [1.82, 2.24) is 20.8 Å². The maximum atomic E-state index is 12.0. The maximum absolute atomic E-state index is 12.0. The second kappa shape index (κ2) is 7.25. The molecule has 4 rings (SSSR count). The molecule has 1 aromatic rings. The monoisotopic (exact) mass is 404 g/mol. The third kappa shape index (κ3) is 4.76. The minimum atomic E-state index is -0.474. The summed E-state index contributed by atoms with van der Waals surface area (Å²) in [7, 11) is 0. The van der Waals surface area contributed by atoms with Crippen molar-refractivity contribution in [2.24, 2.45) is 5.92 Å². The lowest BCUT2D eigenvalue weighted by atomic mass is 9.74. The Labute approximate surface area is 173 Å². The molecule has 29 heavy (non-hydrogen) atoms. The van der Waals surface area contributed by atoms with Crippen molar-refractivity contribution >= 4 is 6.09 Å². The molecule has 3 saturated carbocycles. The average Bonchev–Trinajstić information content (AvgIpc) is 3.50. The summed E-state index contributed by atoms with van der Waals surface area (Å²) >= 11 is 0. The molecule has 0 unspecified atom stereocenters. The van der Waals surface area contributed by atoms with Gasteiger partial charge in [-0.1, -0.05) is 19.0 Å². The van der Waals surface area contributed by atoms with Gasteiger partial charge < -0.3 is 19.9 Å². The number of amides is 1. The lowest BCUT2D eigenvalue weighted by molar-refractivity contribution is 0.0481. The minimum absolute atomic E-state index is 0.0793. The molecule has 3 aliphatic carbocycles. The Morgan fingerprint density at radius 2 is 1.90 bits per heavy atom. The van der Waals surface area contributed by atoms with E-state index in [-0.39, 0.29) is 23.0 Å². The van der Waals surface area contributed by atoms with Gasteiger partial charge >= 0.3 is 6.09 Å². The Morgan fingerprint density at radius 3 is 2.45 bits per heavy atom. The Balaban J connectivity index is 1.31. The van der Waals surface area contributed by atoms with Crippen molar-refractivity contribution in [2.45, 2.75) is 108 Å². The fourth-order valence-corrected chi connectivity index (χ4v) is 4.33. The van der Waals surface area contributed by atoms with Crippen LogP contribution < -0.4 is 10.6 Å². The van der Waals surface area contributed by atoms with Gasteiger partial charge in [-0.3, -0.25) is 0 Å². The van der Waals surface area contributed by atoms with Gasteiger partial charge in [-0.2, -0.15) is 4.98 Å². The van der Waals surface area contributed by atoms with Gasteiger partial charge in [0, 0.05) is 29.5 Å². The average molecular weight is 405 g/mol. The third-order valence-electron chi connectivity index (χ3n) is 6.89. The zero-order valence-electron chi connectivity index (χ0n) is 18.5. The SMILES string of the molecule is C[C@@H]1C[C@H]1NCC1(c2noc(C3(C)CCC(NC(=O)OC(C)(C)C)CC3)n2)CC1. The predicted molar refractivity (Wildman–Crippen MR) is 110 cm³/mol. The standard InChI is InChI=1S/C22H36N4O3/c1-14-12-16(14)23-13-22(10-11-22)17-25-18(29-26-17)21(5)8-6-15(7-9-21)24-19(27)28-20(2,3)4/h14-16,23H,6-13H2,1-5H3,(H,24,27)/t14-,15?,16-,21?/m1/s1. The Bertz CT molecular complexity index is 741. The summed E-state index contributed by atoms with van der Waals surface area (Å²) in [5, 5.41) is 11.1. The van der Waals surface area contributed by atoms with E-state index in [0.717, 1.165) is 62.7 Å². The maximum Gasteiger partial charge on any atom is 0.407 e. The van der Waals surface area contributed by atoms with Gasteiger partial charge in [0.25, 0.3) is 0 Å². The quantitative estimate of drug-likeness (QED) is 0.749. The molecule has 0 bridgehead atoms. The van der Waals surface area contributed by atoms with Crippen LogP contribution in [0.3, 0.4) is 0 Å². The van der Waals surface area contributed by atoms with Crippen molar-refractivity contribution in [3.63, 3.8) is 0 Å². The second-order valence-electron chi connectivity index (χ2n) is 10.9. The summed E-state index contributed by atoms with van der Waals surface area (Å²) in [6, 6.07) is 0.809. The highest BCUT2D eigenvalue weighted by Gasteiger charge is 2.50. The minimum Gasteiger partial charge on any atom is -0.444 e. The molecule has 1 aromatic heterocycles. The third-order valence-corrected chi connectivity index (χ3v) is 6.89. The topological polar surface area (TPSA) is 89.3 Å². The number of rotatable bonds is 6. The molecule has 3 fully saturated rings. The van der Waals surface area contributed by atoms with Crippen LogP contribution in [-0.2, 0) is 15.6 Å². The van der Waals surface area contributed by atoms with E-state index in [0.29, 0.717) is 6.04 Å². The van der Waals surface area contributed by atoms with Crippen LogP contribution in [0.4, 0.5) is 4.79 Å². The first-order valence-corrected chi connectivity index (χ1v) is 11.2. The molecule has 1 heterocycles. The van der Waals surface area contributed by atoms with E-state index in [1.807, 2.05) is 20.8 Å². The van der Waals surface area contributed by atoms with Crippen molar-refractivity contribution in [3.8, 4) is 0 Å². The predicted octanol–water partition coefficient (Wildman–Crippen LogP) is 3.82. The normalized spacial score (nSPS) is 33.2. The first-order valence-electron chi connectivity index (χ1n) is 11.2. The number of nitrogens with one attached hydrogen (secondary N) is 2. The number of aromatic nitrogens is 2. The number of carbonyl (C=O) groups is 1. The number of nitrogens with zero attached hydrogens (tertiary/aromatic N) is 2. The Kier molecular flexibility index (Phi) is 5.16. The van der Waals surface area contributed by atoms with E-state index in [2.05, 4.69) is 29.6 Å². The lowest BCUT2D eigenvalue weighted by Gasteiger charge is -2.35. The van der Waals surface area contributed by atoms with Gasteiger partial charge in [0.1, 0.15) is 5.60 Å². The highest BCUT2D eigenvalue weighted by atomic mass is 16.6. The van der Waals surface area contributed by atoms with Crippen LogP contribution >= 0.6 is 0 Å². The van der Waals surface area contributed by atoms with Gasteiger partial charge in [0.05, 0.1) is 0 Å². The zero-order chi connectivity index (χ0) is 20.9. The summed E-state index contributed by atoms with van der Waals surface area (Å²) in [6.45, 7) is 11.1. The molecular formula is C22H36N4O3. The van der Waals surface area contributed by atoms with Crippen LogP contribution in [0.2, 0.25) is 0 Å². The summed E-state index contributed by atoms with van der Waals surface area (Å²) in [5.41, 5.74) is -0.514. The van der Waals surface area contributed by atoms with E-state index < -0.39 is 5.60 Å². The summed E-state index contributed by atoms with van der Waals surface area (Å²) < 4.78 is 11.1. The molecule has 7 nitrogen and oxygen atoms in total. The summed E-state index contributed by atoms with van der Waals surface area (Å²) in [4.78, 5) is 16.9. The van der Waals surface area contributed by atoms with Crippen molar-refractivity contribution in [1.29, 1.82) is 0 Å². The first-order chi connectivity index (χ1) is 13.6. The van der Waals surface area contributed by atoms with E-state index >= 15 is 0 Å². The van der Waals surface area contributed by atoms with E-state index in [1.165, 1.54) is 6.42 Å². The van der Waals surface area contributed by atoms with Crippen LogP contribution in [0.15, 0.2) is 4.52 Å². The molecule has 162 valence electrons. The molecule has 1 amide bonds. The molecular weight excluding hydrogens is 368 g/mol. The number of ether oxygens (including phenoxy) is 1. The molecule has 2 atom stereocenters. The Morgan fingerprint density at radius 1 is 1.24 bits per heavy atom. The molecule has 7 heteroatoms. The van der Waals surface area contributed by atoms with E-state index in [4.69, 9.17) is 14.2 Å². The van der Waals surface area contributed by atoms with Crippen LogP contribution in [0.1, 0.15) is 91.3 Å². The number of carbonyl (C=O) groups excluding carboxylic acids is 1. The summed E-state index contributed by atoms with van der Waals surface area (Å²) in [6.07, 6.45) is 6.83. The van der Waals surface area contributed by atoms with Crippen molar-refractivity contribution in [2.75, 3.05) is 6.54 Å². The molecule has 0 spiro atoms. The highest BCUT2D eigenvalue weighted by molar-refractivity contribution is 5.68. The number of hydrogen-bond donors (Lipinski definition) is 2. The molecule has 3 aliphatic rings. The van der Waals surface area contributed by atoms with Crippen LogP contribution in [0.25, 0.3) is 0 Å². The molecule has 0 saturated heterocycles. The van der Waals surface area contributed by atoms with E-state index in [9.17, 15) is 4.79 Å². The zero-order valence-corrected chi connectivity index (χ0v) is 18.5. The van der Waals surface area contributed by atoms with Gasteiger partial charge in [-0.25, -0.2) is 4.79 Å². The van der Waals surface area contributed by atoms with E-state index in [1.54, 1.807) is 0 Å². The fraction of sp³-hybridized carbons (Fsp3) is 0.864. The van der Waals surface area contributed by atoms with Gasteiger partial charge in [0.2, 0.25) is 5.89 Å². The number of alkyl carbamates (subject to hydrolysis) is 1. The largest absolute Gasteiger partial charge is 0.444 e. The van der Waals surface area contributed by atoms with Gasteiger partial charge in [0.15, 0.2) is 5.82 Å². The fourth-order valence-electron chi connectivity index (χ4n) is 4.33. The Hall–Kier alpha value is -1.63. The van der Waals surface area contributed by atoms with Crippen LogP contribution in [0.5, 0.6) is 0 Å². The molecule has 0 aliphatic heterocycles. The van der Waals surface area contributed by atoms with Crippen molar-refractivity contribution in [3.05, 3.63) is 11.7 Å². The van der Waals surface area contributed by atoms with Gasteiger partial charge in [-0.15, -0.1) is 0 Å². The van der Waals surface area contributed by atoms with Crippen LogP contribution in [-0.4, -0.2) is 40.5 Å². The summed E-state index contributed by atoms with van der Waals surface area (Å²) in [5.74, 6) is 2.44. The van der Waals surface area contributed by atoms with Crippen molar-refractivity contribution < 1.29 is 14.1 Å². The van der Waals surface area contributed by atoms with Gasteiger partial charge in [-0.05, 0) is 71.6 Å². The molecule has 2 N–H and O–H groups in total.